The second-order valence-electron chi connectivity index (χ2n) is 6.19. The van der Waals surface area contributed by atoms with Crippen molar-refractivity contribution in [1.82, 2.24) is 0 Å². The highest BCUT2D eigenvalue weighted by atomic mass is 16.1. The summed E-state index contributed by atoms with van der Waals surface area (Å²) in [6.07, 6.45) is 0. The molecule has 4 rings (SSSR count). The van der Waals surface area contributed by atoms with Crippen molar-refractivity contribution in [2.75, 3.05) is 11.1 Å². The lowest BCUT2D eigenvalue weighted by Gasteiger charge is -2.22. The van der Waals surface area contributed by atoms with Crippen LogP contribution in [0.15, 0.2) is 60.7 Å². The van der Waals surface area contributed by atoms with Crippen LogP contribution in [0.1, 0.15) is 37.4 Å². The molecule has 0 radical (unpaired) electrons. The van der Waals surface area contributed by atoms with Gasteiger partial charge < -0.3 is 16.8 Å². The molecule has 5 N–H and O–H groups in total. The topological polar surface area (TPSA) is 98.2 Å². The van der Waals surface area contributed by atoms with Gasteiger partial charge in [-0.25, -0.2) is 0 Å². The molecule has 0 fully saturated rings. The quantitative estimate of drug-likeness (QED) is 0.496. The van der Waals surface area contributed by atoms with Gasteiger partial charge in [-0.15, -0.1) is 0 Å². The van der Waals surface area contributed by atoms with Gasteiger partial charge in [-0.1, -0.05) is 36.4 Å². The van der Waals surface area contributed by atoms with Crippen LogP contribution in [-0.2, 0) is 6.54 Å². The van der Waals surface area contributed by atoms with Crippen LogP contribution >= 0.6 is 0 Å². The minimum absolute atomic E-state index is 0.208. The number of fused-ring (bicyclic) bond motifs is 2. The van der Waals surface area contributed by atoms with E-state index in [-0.39, 0.29) is 17.1 Å². The van der Waals surface area contributed by atoms with Crippen molar-refractivity contribution in [3.05, 3.63) is 88.5 Å². The normalized spacial score (nSPS) is 12.5. The summed E-state index contributed by atoms with van der Waals surface area (Å²) >= 11 is 0. The number of rotatable bonds is 3. The van der Waals surface area contributed by atoms with E-state index in [1.54, 1.807) is 36.4 Å². The Labute approximate surface area is 150 Å². The molecule has 0 aromatic heterocycles. The highest BCUT2D eigenvalue weighted by Crippen LogP contribution is 2.36. The molecule has 1 aliphatic carbocycles. The van der Waals surface area contributed by atoms with Gasteiger partial charge in [-0.2, -0.15) is 0 Å². The van der Waals surface area contributed by atoms with Crippen molar-refractivity contribution < 1.29 is 9.59 Å². The van der Waals surface area contributed by atoms with Crippen molar-refractivity contribution in [2.45, 2.75) is 6.54 Å². The Morgan fingerprint density at radius 2 is 1.50 bits per heavy atom. The van der Waals surface area contributed by atoms with Gasteiger partial charge in [-0.3, -0.25) is 9.59 Å². The maximum Gasteiger partial charge on any atom is 0.196 e. The molecule has 3 aromatic rings. The molecule has 5 nitrogen and oxygen atoms in total. The van der Waals surface area contributed by atoms with Crippen molar-refractivity contribution in [3.63, 3.8) is 0 Å². The summed E-state index contributed by atoms with van der Waals surface area (Å²) < 4.78 is 0. The number of benzene rings is 3. The first kappa shape index (κ1) is 16.1. The third-order valence-electron chi connectivity index (χ3n) is 4.55. The molecule has 0 atom stereocenters. The summed E-state index contributed by atoms with van der Waals surface area (Å²) in [6.45, 7) is 0.417. The summed E-state index contributed by atoms with van der Waals surface area (Å²) in [4.78, 5) is 26.0. The van der Waals surface area contributed by atoms with Crippen LogP contribution in [0.25, 0.3) is 0 Å². The maximum absolute atomic E-state index is 13.1. The van der Waals surface area contributed by atoms with Gasteiger partial charge in [0, 0.05) is 29.0 Å². The molecule has 0 saturated carbocycles. The second kappa shape index (κ2) is 6.13. The monoisotopic (exact) mass is 343 g/mol. The van der Waals surface area contributed by atoms with Gasteiger partial charge in [0.1, 0.15) is 0 Å². The Morgan fingerprint density at radius 3 is 2.19 bits per heavy atom. The predicted molar refractivity (Wildman–Crippen MR) is 102 cm³/mol. The Bertz CT molecular complexity index is 1060. The lowest BCUT2D eigenvalue weighted by Crippen LogP contribution is -2.23. The van der Waals surface area contributed by atoms with E-state index in [0.29, 0.717) is 34.6 Å². The molecule has 0 spiro atoms. The van der Waals surface area contributed by atoms with Crippen molar-refractivity contribution in [1.29, 1.82) is 0 Å². The molecule has 1 aliphatic rings. The van der Waals surface area contributed by atoms with Gasteiger partial charge in [0.2, 0.25) is 0 Å². The molecule has 0 bridgehead atoms. The van der Waals surface area contributed by atoms with Crippen molar-refractivity contribution in [2.24, 2.45) is 5.73 Å². The predicted octanol–water partition coefficient (Wildman–Crippen LogP) is 3.25. The van der Waals surface area contributed by atoms with Crippen LogP contribution in [-0.4, -0.2) is 11.6 Å². The number of hydrogen-bond donors (Lipinski definition) is 3. The minimum Gasteiger partial charge on any atom is -0.398 e. The molecule has 128 valence electrons. The molecule has 0 unspecified atom stereocenters. The zero-order chi connectivity index (χ0) is 18.3. The number of nitrogens with two attached hydrogens (primary N) is 2. The standard InChI is InChI=1S/C21H17N3O2/c22-11-12-4-3-5-13(10-12)24-17-9-8-16(23)18-19(17)21(26)15-7-2-1-6-14(15)20(18)25/h1-10,24H,11,22-23H2. The largest absolute Gasteiger partial charge is 0.398 e. The number of carbonyl (C=O) groups excluding carboxylic acids is 2. The van der Waals surface area contributed by atoms with Crippen LogP contribution in [0.4, 0.5) is 17.1 Å². The Hall–Kier alpha value is -3.44. The van der Waals surface area contributed by atoms with Crippen LogP contribution in [0.2, 0.25) is 0 Å². The highest BCUT2D eigenvalue weighted by molar-refractivity contribution is 6.31. The molecular formula is C21H17N3O2. The third kappa shape index (κ3) is 2.46. The molecular weight excluding hydrogens is 326 g/mol. The smallest absolute Gasteiger partial charge is 0.196 e. The van der Waals surface area contributed by atoms with E-state index in [1.165, 1.54) is 0 Å². The van der Waals surface area contributed by atoms with Crippen LogP contribution in [0.3, 0.4) is 0 Å². The van der Waals surface area contributed by atoms with Crippen LogP contribution < -0.4 is 16.8 Å². The number of nitrogen functional groups attached to an aromatic ring is 1. The van der Waals surface area contributed by atoms with Crippen molar-refractivity contribution in [3.8, 4) is 0 Å². The number of nitrogens with one attached hydrogen (secondary N) is 1. The molecule has 0 saturated heterocycles. The lowest BCUT2D eigenvalue weighted by molar-refractivity contribution is 0.0980. The SMILES string of the molecule is NCc1cccc(Nc2ccc(N)c3c2C(=O)c2ccccc2C3=O)c1. The summed E-state index contributed by atoms with van der Waals surface area (Å²) in [5, 5.41) is 3.23. The highest BCUT2D eigenvalue weighted by Gasteiger charge is 2.33. The molecule has 26 heavy (non-hydrogen) atoms. The summed E-state index contributed by atoms with van der Waals surface area (Å²) in [6, 6.07) is 17.8. The van der Waals surface area contributed by atoms with E-state index in [4.69, 9.17) is 11.5 Å². The summed E-state index contributed by atoms with van der Waals surface area (Å²) in [5.74, 6) is -0.438. The fraction of sp³-hybridized carbons (Fsp3) is 0.0476. The third-order valence-corrected chi connectivity index (χ3v) is 4.55. The molecule has 0 amide bonds. The second-order valence-corrected chi connectivity index (χ2v) is 6.19. The summed E-state index contributed by atoms with van der Waals surface area (Å²) in [5.41, 5.74) is 15.7. The van der Waals surface area contributed by atoms with Crippen LogP contribution in [0.5, 0.6) is 0 Å². The summed E-state index contributed by atoms with van der Waals surface area (Å²) in [7, 11) is 0. The van der Waals surface area contributed by atoms with Crippen molar-refractivity contribution >= 4 is 28.6 Å². The van der Waals surface area contributed by atoms with E-state index in [2.05, 4.69) is 5.32 Å². The number of ketones is 2. The average Bonchev–Trinajstić information content (AvgIpc) is 2.67. The molecule has 0 aliphatic heterocycles. The number of anilines is 3. The van der Waals surface area contributed by atoms with E-state index < -0.39 is 0 Å². The van der Waals surface area contributed by atoms with Crippen LogP contribution in [0, 0.1) is 0 Å². The first-order chi connectivity index (χ1) is 12.6. The fourth-order valence-electron chi connectivity index (χ4n) is 3.28. The van der Waals surface area contributed by atoms with Gasteiger partial charge in [0.15, 0.2) is 11.6 Å². The molecule has 0 heterocycles. The van der Waals surface area contributed by atoms with Gasteiger partial charge in [0.05, 0.1) is 16.8 Å². The van der Waals surface area contributed by atoms with E-state index >= 15 is 0 Å². The number of carbonyl (C=O) groups is 2. The zero-order valence-electron chi connectivity index (χ0n) is 14.0. The fourth-order valence-corrected chi connectivity index (χ4v) is 3.28. The van der Waals surface area contributed by atoms with Gasteiger partial charge >= 0.3 is 0 Å². The number of hydrogen-bond acceptors (Lipinski definition) is 5. The van der Waals surface area contributed by atoms with E-state index in [1.807, 2.05) is 24.3 Å². The van der Waals surface area contributed by atoms with E-state index in [0.717, 1.165) is 11.3 Å². The molecule has 5 heteroatoms. The molecule has 3 aromatic carbocycles. The Kier molecular flexibility index (Phi) is 3.78. The van der Waals surface area contributed by atoms with Gasteiger partial charge in [-0.05, 0) is 29.8 Å². The first-order valence-electron chi connectivity index (χ1n) is 8.27. The Balaban J connectivity index is 1.86. The van der Waals surface area contributed by atoms with E-state index in [9.17, 15) is 9.59 Å². The minimum atomic E-state index is -0.230. The zero-order valence-corrected chi connectivity index (χ0v) is 14.0. The Morgan fingerprint density at radius 1 is 0.808 bits per heavy atom. The maximum atomic E-state index is 13.1. The lowest BCUT2D eigenvalue weighted by atomic mass is 9.82. The van der Waals surface area contributed by atoms with Gasteiger partial charge in [0.25, 0.3) is 0 Å². The first-order valence-corrected chi connectivity index (χ1v) is 8.27. The average molecular weight is 343 g/mol.